The molecule has 1 atom stereocenters. The van der Waals surface area contributed by atoms with Crippen molar-refractivity contribution in [2.75, 3.05) is 6.54 Å². The van der Waals surface area contributed by atoms with Crippen molar-refractivity contribution in [3.05, 3.63) is 71.5 Å². The van der Waals surface area contributed by atoms with E-state index in [1.165, 1.54) is 18.2 Å². The number of halogens is 1. The molecule has 0 aliphatic carbocycles. The molecule has 0 radical (unpaired) electrons. The Morgan fingerprint density at radius 3 is 2.41 bits per heavy atom. The fraction of sp³-hybridized carbons (Fsp3) is 0.176. The number of amides is 1. The van der Waals surface area contributed by atoms with Gasteiger partial charge in [-0.1, -0.05) is 42.5 Å². The van der Waals surface area contributed by atoms with Gasteiger partial charge < -0.3 is 10.1 Å². The van der Waals surface area contributed by atoms with E-state index in [0.29, 0.717) is 0 Å². The highest BCUT2D eigenvalue weighted by Gasteiger charge is 2.15. The maximum Gasteiger partial charge on any atom is 0.326 e. The molecule has 0 unspecified atom stereocenters. The molecule has 0 heterocycles. The van der Waals surface area contributed by atoms with Gasteiger partial charge in [-0.3, -0.25) is 9.59 Å². The van der Waals surface area contributed by atoms with Crippen molar-refractivity contribution in [3.63, 3.8) is 0 Å². The Bertz CT molecular complexity index is 658. The molecular formula is C17H16FNO3. The van der Waals surface area contributed by atoms with Crippen LogP contribution >= 0.6 is 0 Å². The Morgan fingerprint density at radius 2 is 1.73 bits per heavy atom. The molecular weight excluding hydrogens is 285 g/mol. The van der Waals surface area contributed by atoms with Gasteiger partial charge >= 0.3 is 5.97 Å². The summed E-state index contributed by atoms with van der Waals surface area (Å²) in [5, 5.41) is 2.34. The SMILES string of the molecule is C[C@@H](OC(=O)CNC(=O)c1ccccc1F)c1ccccc1. The molecule has 5 heteroatoms. The molecule has 0 saturated heterocycles. The average Bonchev–Trinajstić information content (AvgIpc) is 2.54. The number of hydrogen-bond donors (Lipinski definition) is 1. The van der Waals surface area contributed by atoms with Crippen molar-refractivity contribution in [1.29, 1.82) is 0 Å². The first-order chi connectivity index (χ1) is 10.6. The Morgan fingerprint density at radius 1 is 1.09 bits per heavy atom. The molecule has 22 heavy (non-hydrogen) atoms. The number of hydrogen-bond acceptors (Lipinski definition) is 3. The summed E-state index contributed by atoms with van der Waals surface area (Å²) in [6, 6.07) is 14.8. The molecule has 2 aromatic rings. The highest BCUT2D eigenvalue weighted by molar-refractivity contribution is 5.96. The summed E-state index contributed by atoms with van der Waals surface area (Å²) in [6.07, 6.45) is -0.418. The summed E-state index contributed by atoms with van der Waals surface area (Å²) in [7, 11) is 0. The number of carbonyl (C=O) groups excluding carboxylic acids is 2. The number of carbonyl (C=O) groups is 2. The third-order valence-corrected chi connectivity index (χ3v) is 3.09. The van der Waals surface area contributed by atoms with Crippen molar-refractivity contribution in [2.24, 2.45) is 0 Å². The average molecular weight is 301 g/mol. The van der Waals surface area contributed by atoms with Gasteiger partial charge in [-0.25, -0.2) is 4.39 Å². The molecule has 0 aliphatic rings. The van der Waals surface area contributed by atoms with E-state index in [2.05, 4.69) is 5.32 Å². The van der Waals surface area contributed by atoms with Crippen LogP contribution in [0.3, 0.4) is 0 Å². The third kappa shape index (κ3) is 4.15. The second-order valence-electron chi connectivity index (χ2n) is 4.71. The van der Waals surface area contributed by atoms with Crippen molar-refractivity contribution in [3.8, 4) is 0 Å². The standard InChI is InChI=1S/C17H16FNO3/c1-12(13-7-3-2-4-8-13)22-16(20)11-19-17(21)14-9-5-6-10-15(14)18/h2-10,12H,11H2,1H3,(H,19,21)/t12-/m1/s1. The molecule has 4 nitrogen and oxygen atoms in total. The molecule has 0 saturated carbocycles. The predicted molar refractivity (Wildman–Crippen MR) is 79.7 cm³/mol. The quantitative estimate of drug-likeness (QED) is 0.864. The minimum atomic E-state index is -0.651. The molecule has 2 aromatic carbocycles. The van der Waals surface area contributed by atoms with Crippen LogP contribution in [0.1, 0.15) is 28.9 Å². The van der Waals surface area contributed by atoms with Crippen LogP contribution in [0, 0.1) is 5.82 Å². The lowest BCUT2D eigenvalue weighted by Crippen LogP contribution is -2.31. The highest BCUT2D eigenvalue weighted by atomic mass is 19.1. The molecule has 0 bridgehead atoms. The fourth-order valence-corrected chi connectivity index (χ4v) is 1.92. The molecule has 1 N–H and O–H groups in total. The second kappa shape index (κ2) is 7.36. The third-order valence-electron chi connectivity index (χ3n) is 3.09. The molecule has 2 rings (SSSR count). The summed E-state index contributed by atoms with van der Waals surface area (Å²) in [6.45, 7) is 1.43. The normalized spacial score (nSPS) is 11.5. The summed E-state index contributed by atoms with van der Waals surface area (Å²) in [5.41, 5.74) is 0.752. The van der Waals surface area contributed by atoms with Crippen molar-refractivity contribution >= 4 is 11.9 Å². The molecule has 0 spiro atoms. The molecule has 0 aliphatic heterocycles. The van der Waals surface area contributed by atoms with E-state index in [0.717, 1.165) is 5.56 Å². The van der Waals surface area contributed by atoms with Crippen LogP contribution in [0.4, 0.5) is 4.39 Å². The number of ether oxygens (including phenoxy) is 1. The Kier molecular flexibility index (Phi) is 5.25. The topological polar surface area (TPSA) is 55.4 Å². The van der Waals surface area contributed by atoms with Crippen molar-refractivity contribution < 1.29 is 18.7 Å². The second-order valence-corrected chi connectivity index (χ2v) is 4.71. The Balaban J connectivity index is 1.85. The van der Waals surface area contributed by atoms with Gasteiger partial charge in [-0.15, -0.1) is 0 Å². The van der Waals surface area contributed by atoms with Gasteiger partial charge in [0, 0.05) is 0 Å². The van der Waals surface area contributed by atoms with E-state index in [9.17, 15) is 14.0 Å². The lowest BCUT2D eigenvalue weighted by molar-refractivity contribution is -0.147. The lowest BCUT2D eigenvalue weighted by atomic mass is 10.1. The maximum atomic E-state index is 13.4. The number of nitrogens with one attached hydrogen (secondary N) is 1. The fourth-order valence-electron chi connectivity index (χ4n) is 1.92. The first kappa shape index (κ1) is 15.7. The zero-order valence-electron chi connectivity index (χ0n) is 12.1. The van der Waals surface area contributed by atoms with Crippen LogP contribution in [0.2, 0.25) is 0 Å². The van der Waals surface area contributed by atoms with Gasteiger partial charge in [0.1, 0.15) is 18.5 Å². The Labute approximate surface area is 127 Å². The van der Waals surface area contributed by atoms with E-state index >= 15 is 0 Å². The van der Waals surface area contributed by atoms with Gasteiger partial charge in [0.2, 0.25) is 0 Å². The van der Waals surface area contributed by atoms with Crippen LogP contribution in [-0.2, 0) is 9.53 Å². The van der Waals surface area contributed by atoms with E-state index in [1.807, 2.05) is 30.3 Å². The van der Waals surface area contributed by atoms with Gasteiger partial charge in [-0.2, -0.15) is 0 Å². The minimum Gasteiger partial charge on any atom is -0.456 e. The zero-order valence-corrected chi connectivity index (χ0v) is 12.1. The van der Waals surface area contributed by atoms with Gasteiger partial charge in [0.25, 0.3) is 5.91 Å². The summed E-state index contributed by atoms with van der Waals surface area (Å²) < 4.78 is 18.6. The number of benzene rings is 2. The first-order valence-electron chi connectivity index (χ1n) is 6.85. The van der Waals surface area contributed by atoms with Crippen LogP contribution in [-0.4, -0.2) is 18.4 Å². The van der Waals surface area contributed by atoms with Gasteiger partial charge in [-0.05, 0) is 24.6 Å². The smallest absolute Gasteiger partial charge is 0.326 e. The molecule has 114 valence electrons. The van der Waals surface area contributed by atoms with Gasteiger partial charge in [0.15, 0.2) is 0 Å². The number of esters is 1. The molecule has 1 amide bonds. The summed E-state index contributed by atoms with van der Waals surface area (Å²) in [4.78, 5) is 23.5. The van der Waals surface area contributed by atoms with E-state index in [4.69, 9.17) is 4.74 Å². The van der Waals surface area contributed by atoms with E-state index in [-0.39, 0.29) is 12.1 Å². The van der Waals surface area contributed by atoms with Crippen LogP contribution in [0.15, 0.2) is 54.6 Å². The minimum absolute atomic E-state index is 0.105. The van der Waals surface area contributed by atoms with E-state index < -0.39 is 23.8 Å². The highest BCUT2D eigenvalue weighted by Crippen LogP contribution is 2.15. The van der Waals surface area contributed by atoms with Crippen LogP contribution in [0.25, 0.3) is 0 Å². The zero-order chi connectivity index (χ0) is 15.9. The van der Waals surface area contributed by atoms with E-state index in [1.54, 1.807) is 13.0 Å². The van der Waals surface area contributed by atoms with Crippen molar-refractivity contribution in [2.45, 2.75) is 13.0 Å². The lowest BCUT2D eigenvalue weighted by Gasteiger charge is -2.14. The van der Waals surface area contributed by atoms with Crippen molar-refractivity contribution in [1.82, 2.24) is 5.32 Å². The molecule has 0 aromatic heterocycles. The predicted octanol–water partition coefficient (Wildman–Crippen LogP) is 2.86. The maximum absolute atomic E-state index is 13.4. The van der Waals surface area contributed by atoms with Crippen LogP contribution in [0.5, 0.6) is 0 Å². The van der Waals surface area contributed by atoms with Gasteiger partial charge in [0.05, 0.1) is 5.56 Å². The largest absolute Gasteiger partial charge is 0.456 e. The molecule has 0 fully saturated rings. The monoisotopic (exact) mass is 301 g/mol. The van der Waals surface area contributed by atoms with Crippen LogP contribution < -0.4 is 5.32 Å². The Hall–Kier alpha value is -2.69. The first-order valence-corrected chi connectivity index (χ1v) is 6.85. The summed E-state index contributed by atoms with van der Waals surface area (Å²) in [5.74, 6) is -1.87. The summed E-state index contributed by atoms with van der Waals surface area (Å²) >= 11 is 0. The number of rotatable bonds is 5.